The van der Waals surface area contributed by atoms with E-state index in [4.69, 9.17) is 27.9 Å². The van der Waals surface area contributed by atoms with E-state index < -0.39 is 5.60 Å². The van der Waals surface area contributed by atoms with Gasteiger partial charge in [-0.15, -0.1) is 0 Å². The maximum absolute atomic E-state index is 13.3. The molecule has 11 heteroatoms. The van der Waals surface area contributed by atoms with Crippen LogP contribution in [0.2, 0.25) is 10.0 Å². The third-order valence-corrected chi connectivity index (χ3v) is 7.20. The van der Waals surface area contributed by atoms with Gasteiger partial charge in [-0.25, -0.2) is 14.8 Å². The van der Waals surface area contributed by atoms with Crippen LogP contribution in [-0.2, 0) is 17.7 Å². The van der Waals surface area contributed by atoms with Crippen molar-refractivity contribution >= 4 is 67.8 Å². The number of rotatable bonds is 3. The molecule has 196 valence electrons. The van der Waals surface area contributed by atoms with Crippen LogP contribution in [0.1, 0.15) is 31.9 Å². The molecular formula is C27H24BrCl2N5O3. The van der Waals surface area contributed by atoms with Crippen LogP contribution in [0, 0.1) is 0 Å². The zero-order chi connectivity index (χ0) is 27.2. The van der Waals surface area contributed by atoms with Gasteiger partial charge in [-0.3, -0.25) is 9.36 Å². The van der Waals surface area contributed by atoms with Crippen LogP contribution in [-0.4, -0.2) is 37.7 Å². The summed E-state index contributed by atoms with van der Waals surface area (Å²) in [6, 6.07) is 11.0. The predicted octanol–water partition coefficient (Wildman–Crippen LogP) is 6.89. The highest BCUT2D eigenvalue weighted by Crippen LogP contribution is 2.30. The van der Waals surface area contributed by atoms with Crippen LogP contribution in [0.4, 0.5) is 16.4 Å². The fourth-order valence-electron chi connectivity index (χ4n) is 4.28. The fraction of sp³-hybridized carbons (Fsp3) is 0.259. The van der Waals surface area contributed by atoms with Gasteiger partial charge in [0, 0.05) is 31.2 Å². The van der Waals surface area contributed by atoms with Crippen molar-refractivity contribution in [2.24, 2.45) is 0 Å². The number of hydrogen-bond acceptors (Lipinski definition) is 6. The van der Waals surface area contributed by atoms with Crippen molar-refractivity contribution in [3.8, 4) is 5.69 Å². The minimum Gasteiger partial charge on any atom is -0.444 e. The number of fused-ring (bicyclic) bond motifs is 2. The van der Waals surface area contributed by atoms with Crippen LogP contribution in [0.25, 0.3) is 16.6 Å². The molecule has 0 spiro atoms. The average molecular weight is 617 g/mol. The third-order valence-electron chi connectivity index (χ3n) is 6.01. The van der Waals surface area contributed by atoms with Crippen LogP contribution >= 0.6 is 39.1 Å². The van der Waals surface area contributed by atoms with Crippen molar-refractivity contribution in [1.82, 2.24) is 19.4 Å². The topological polar surface area (TPSA) is 89.4 Å². The van der Waals surface area contributed by atoms with Crippen molar-refractivity contribution in [1.29, 1.82) is 0 Å². The maximum Gasteiger partial charge on any atom is 0.410 e. The van der Waals surface area contributed by atoms with E-state index in [0.29, 0.717) is 50.1 Å². The molecule has 1 amide bonds. The number of pyridine rings is 1. The summed E-state index contributed by atoms with van der Waals surface area (Å²) in [5.41, 5.74) is 2.90. The summed E-state index contributed by atoms with van der Waals surface area (Å²) in [6.07, 6.45) is 3.49. The number of aromatic nitrogens is 3. The van der Waals surface area contributed by atoms with E-state index in [2.05, 4.69) is 31.2 Å². The minimum atomic E-state index is -0.550. The second-order valence-electron chi connectivity index (χ2n) is 9.94. The molecule has 0 bridgehead atoms. The number of carbonyl (C=O) groups is 1. The molecule has 4 aromatic rings. The van der Waals surface area contributed by atoms with Gasteiger partial charge in [0.2, 0.25) is 5.95 Å². The summed E-state index contributed by atoms with van der Waals surface area (Å²) >= 11 is 16.2. The molecule has 0 radical (unpaired) electrons. The van der Waals surface area contributed by atoms with Crippen molar-refractivity contribution < 1.29 is 9.53 Å². The highest BCUT2D eigenvalue weighted by atomic mass is 79.9. The van der Waals surface area contributed by atoms with E-state index in [1.165, 1.54) is 16.3 Å². The molecule has 8 nitrogen and oxygen atoms in total. The van der Waals surface area contributed by atoms with E-state index in [9.17, 15) is 9.59 Å². The van der Waals surface area contributed by atoms with E-state index in [-0.39, 0.29) is 11.7 Å². The van der Waals surface area contributed by atoms with Gasteiger partial charge in [0.05, 0.1) is 31.1 Å². The largest absolute Gasteiger partial charge is 0.444 e. The monoisotopic (exact) mass is 615 g/mol. The van der Waals surface area contributed by atoms with Crippen LogP contribution in [0.15, 0.2) is 58.1 Å². The molecule has 0 fully saturated rings. The lowest BCUT2D eigenvalue weighted by Crippen LogP contribution is -2.39. The summed E-state index contributed by atoms with van der Waals surface area (Å²) in [5, 5.41) is 4.22. The molecular weight excluding hydrogens is 593 g/mol. The molecule has 2 aromatic carbocycles. The highest BCUT2D eigenvalue weighted by molar-refractivity contribution is 9.10. The van der Waals surface area contributed by atoms with Crippen LogP contribution in [0.3, 0.4) is 0 Å². The number of ether oxygens (including phenoxy) is 1. The molecule has 0 aliphatic carbocycles. The lowest BCUT2D eigenvalue weighted by molar-refractivity contribution is 0.0224. The predicted molar refractivity (Wildman–Crippen MR) is 153 cm³/mol. The number of nitrogens with one attached hydrogen (secondary N) is 1. The number of para-hydroxylation sites is 1. The van der Waals surface area contributed by atoms with Crippen LogP contribution in [0.5, 0.6) is 0 Å². The normalized spacial score (nSPS) is 13.4. The van der Waals surface area contributed by atoms with Gasteiger partial charge in [-0.05, 0) is 78.5 Å². The van der Waals surface area contributed by atoms with Gasteiger partial charge in [0.1, 0.15) is 5.60 Å². The van der Waals surface area contributed by atoms with Gasteiger partial charge < -0.3 is 15.0 Å². The van der Waals surface area contributed by atoms with Crippen LogP contribution < -0.4 is 10.9 Å². The number of halogens is 3. The molecule has 1 N–H and O–H groups in total. The summed E-state index contributed by atoms with van der Waals surface area (Å²) in [6.45, 7) is 6.62. The number of carbonyl (C=O) groups excluding carboxylic acids is 1. The number of anilines is 2. The van der Waals surface area contributed by atoms with E-state index in [1.807, 2.05) is 39.0 Å². The highest BCUT2D eigenvalue weighted by Gasteiger charge is 2.26. The van der Waals surface area contributed by atoms with Gasteiger partial charge in [0.25, 0.3) is 5.56 Å². The Morgan fingerprint density at radius 3 is 2.58 bits per heavy atom. The van der Waals surface area contributed by atoms with E-state index in [1.54, 1.807) is 29.3 Å². The lowest BCUT2D eigenvalue weighted by atomic mass is 9.99. The Labute approximate surface area is 237 Å². The quantitative estimate of drug-likeness (QED) is 0.270. The first-order valence-corrected chi connectivity index (χ1v) is 13.4. The lowest BCUT2D eigenvalue weighted by Gasteiger charge is -2.31. The molecule has 0 atom stereocenters. The van der Waals surface area contributed by atoms with E-state index in [0.717, 1.165) is 17.7 Å². The van der Waals surface area contributed by atoms with Gasteiger partial charge in [-0.2, -0.15) is 0 Å². The zero-order valence-corrected chi connectivity index (χ0v) is 24.0. The van der Waals surface area contributed by atoms with Crippen molar-refractivity contribution in [3.63, 3.8) is 0 Å². The first-order valence-electron chi connectivity index (χ1n) is 11.9. The second-order valence-corrected chi connectivity index (χ2v) is 11.6. The summed E-state index contributed by atoms with van der Waals surface area (Å²) < 4.78 is 7.49. The third kappa shape index (κ3) is 5.36. The first kappa shape index (κ1) is 26.5. The molecule has 2 aromatic heterocycles. The molecule has 1 aliphatic heterocycles. The Bertz CT molecular complexity index is 1610. The first-order chi connectivity index (χ1) is 18.0. The number of nitrogens with zero attached hydrogens (tertiary/aromatic N) is 4. The minimum absolute atomic E-state index is 0.305. The zero-order valence-electron chi connectivity index (χ0n) is 20.9. The Hall–Kier alpha value is -3.14. The molecule has 0 saturated carbocycles. The second kappa shape index (κ2) is 10.2. The number of benzene rings is 2. The Balaban J connectivity index is 1.42. The standard InChI is InChI=1S/C27H24BrCl2N5O3/c1-27(2,3)38-26(37)34-10-9-15-7-8-17(11-16(15)13-34)32-25-31-12-18-22(33-25)19(28)14-35(24(18)36)23-20(29)5-4-6-21(23)30/h4-8,11-12,14H,9-10,13H2,1-3H3,(H,31,32,33). The maximum atomic E-state index is 13.3. The Morgan fingerprint density at radius 1 is 1.13 bits per heavy atom. The average Bonchev–Trinajstić information content (AvgIpc) is 2.85. The van der Waals surface area contributed by atoms with Gasteiger partial charge in [-0.1, -0.05) is 35.3 Å². The molecule has 0 saturated heterocycles. The number of hydrogen-bond donors (Lipinski definition) is 1. The van der Waals surface area contributed by atoms with E-state index >= 15 is 0 Å². The number of amides is 1. The summed E-state index contributed by atoms with van der Waals surface area (Å²) in [5.74, 6) is 0.325. The SMILES string of the molecule is CC(C)(C)OC(=O)N1CCc2ccc(Nc3ncc4c(=O)n(-c5c(Cl)cccc5Cl)cc(Br)c4n3)cc2C1. The molecule has 5 rings (SSSR count). The smallest absolute Gasteiger partial charge is 0.410 e. The Kier molecular flexibility index (Phi) is 7.11. The molecule has 38 heavy (non-hydrogen) atoms. The summed E-state index contributed by atoms with van der Waals surface area (Å²) in [4.78, 5) is 36.5. The molecule has 1 aliphatic rings. The molecule has 3 heterocycles. The Morgan fingerprint density at radius 2 is 1.87 bits per heavy atom. The molecule has 0 unspecified atom stereocenters. The van der Waals surface area contributed by atoms with Crippen molar-refractivity contribution in [2.45, 2.75) is 39.3 Å². The van der Waals surface area contributed by atoms with Crippen molar-refractivity contribution in [3.05, 3.63) is 84.8 Å². The fourth-order valence-corrected chi connectivity index (χ4v) is 5.36. The van der Waals surface area contributed by atoms with Gasteiger partial charge >= 0.3 is 6.09 Å². The van der Waals surface area contributed by atoms with Gasteiger partial charge in [0.15, 0.2) is 0 Å². The van der Waals surface area contributed by atoms with Crippen molar-refractivity contribution in [2.75, 3.05) is 11.9 Å². The summed E-state index contributed by atoms with van der Waals surface area (Å²) in [7, 11) is 0.